The second-order valence-electron chi connectivity index (χ2n) is 7.60. The molecule has 0 atom stereocenters. The fourth-order valence-corrected chi connectivity index (χ4v) is 6.25. The molecule has 0 fully saturated rings. The van der Waals surface area contributed by atoms with Gasteiger partial charge in [-0.2, -0.15) is 0 Å². The molecule has 0 aromatic heterocycles. The van der Waals surface area contributed by atoms with Crippen LogP contribution in [0.2, 0.25) is 0 Å². The summed E-state index contributed by atoms with van der Waals surface area (Å²) >= 11 is 0. The van der Waals surface area contributed by atoms with E-state index < -0.39 is 53.4 Å². The number of anilines is 1. The van der Waals surface area contributed by atoms with Crippen molar-refractivity contribution < 1.29 is 304 Å². The minimum atomic E-state index is -6.02. The molecule has 43 heavy (non-hydrogen) atoms. The molecule has 1 aromatic carbocycles. The smallest absolute Gasteiger partial charge is 0.808 e. The molecule has 206 valence electrons. The maximum Gasteiger partial charge on any atom is 1.00 e. The van der Waals surface area contributed by atoms with Gasteiger partial charge in [0.25, 0.3) is 0 Å². The summed E-state index contributed by atoms with van der Waals surface area (Å²) in [6, 6.07) is 8.43. The van der Waals surface area contributed by atoms with Crippen molar-refractivity contribution >= 4 is 36.1 Å². The molecule has 0 amide bonds. The zero-order chi connectivity index (χ0) is 28.1. The summed E-state index contributed by atoms with van der Waals surface area (Å²) in [4.78, 5) is 88.4. The standard InChI is InChI=1S/C10H17NO7P2.C5H15NO7P2.8Na/c1-11(9-5-3-2-4-6-9)8-7-10(12,19(13,14)15)20(16,17)18;1-6(2)4-3-5(7,14(8,9)10)15(11,12)13;;;;;;;;/h2-6,12H,7-8H2,1H3,(H2,13,14,15)(H2,16,17,18);7H,3-4H2,1-2H3,(H2,8,9,10)(H2,11,12,13);;;;;;;;/q;;8*+1/p-8. The van der Waals surface area contributed by atoms with Gasteiger partial charge in [0, 0.05) is 32.2 Å². The van der Waals surface area contributed by atoms with Crippen LogP contribution in [0.15, 0.2) is 30.3 Å². The molecular formula is C15H24N2Na8O14P4. The van der Waals surface area contributed by atoms with Crippen LogP contribution in [-0.2, 0) is 18.3 Å². The average molecular weight is 764 g/mol. The summed E-state index contributed by atoms with van der Waals surface area (Å²) < 4.78 is 42.8. The van der Waals surface area contributed by atoms with Gasteiger partial charge < -0.3 is 77.4 Å². The van der Waals surface area contributed by atoms with Crippen molar-refractivity contribution in [3.05, 3.63) is 30.3 Å². The molecule has 1 rings (SSSR count). The van der Waals surface area contributed by atoms with Gasteiger partial charge in [-0.05, 0) is 63.0 Å². The summed E-state index contributed by atoms with van der Waals surface area (Å²) in [7, 11) is -19.5. The second-order valence-corrected chi connectivity index (χ2v) is 15.2. The SMILES string of the molecule is CN(C)CCC(O)(P(=O)([O-])[O-])P(=O)([O-])[O-].CN(CCC(O)(P(=O)([O-])[O-])P(=O)([O-])[O-])c1ccccc1.[Na+].[Na+].[Na+].[Na+].[Na+].[Na+].[Na+].[Na+]. The number of hydrogen-bond acceptors (Lipinski definition) is 16. The van der Waals surface area contributed by atoms with E-state index in [1.165, 1.54) is 30.9 Å². The quantitative estimate of drug-likeness (QED) is 0.156. The molecule has 0 radical (unpaired) electrons. The Morgan fingerprint density at radius 1 is 0.558 bits per heavy atom. The first-order chi connectivity index (χ1) is 15.4. The van der Waals surface area contributed by atoms with E-state index in [1.54, 1.807) is 30.3 Å². The molecule has 0 unspecified atom stereocenters. The number of para-hydroxylation sites is 1. The van der Waals surface area contributed by atoms with Crippen LogP contribution in [-0.4, -0.2) is 59.5 Å². The molecule has 0 saturated heterocycles. The molecule has 16 nitrogen and oxygen atoms in total. The van der Waals surface area contributed by atoms with Crippen LogP contribution in [0.25, 0.3) is 0 Å². The number of rotatable bonds is 11. The Morgan fingerprint density at radius 3 is 1.05 bits per heavy atom. The second kappa shape index (κ2) is 30.8. The van der Waals surface area contributed by atoms with E-state index in [0.717, 1.165) is 0 Å². The predicted molar refractivity (Wildman–Crippen MR) is 108 cm³/mol. The molecule has 0 aliphatic carbocycles. The van der Waals surface area contributed by atoms with E-state index in [1.807, 2.05) is 0 Å². The summed E-state index contributed by atoms with van der Waals surface area (Å²) in [6.07, 6.45) is -1.98. The van der Waals surface area contributed by atoms with Gasteiger partial charge in [0.05, 0.1) is 0 Å². The van der Waals surface area contributed by atoms with E-state index in [4.69, 9.17) is 5.11 Å². The molecule has 2 N–H and O–H groups in total. The predicted octanol–water partition coefficient (Wildman–Crippen LogP) is -29.6. The van der Waals surface area contributed by atoms with Gasteiger partial charge in [0.15, 0.2) is 0 Å². The van der Waals surface area contributed by atoms with Crippen molar-refractivity contribution in [1.82, 2.24) is 4.90 Å². The van der Waals surface area contributed by atoms with E-state index in [9.17, 15) is 62.5 Å². The fraction of sp³-hybridized carbons (Fsp3) is 0.600. The van der Waals surface area contributed by atoms with Crippen molar-refractivity contribution in [2.45, 2.75) is 23.0 Å². The maximum absolute atomic E-state index is 10.9. The van der Waals surface area contributed by atoms with Gasteiger partial charge in [-0.25, -0.2) is 0 Å². The number of nitrogens with zero attached hydrogens (tertiary/aromatic N) is 2. The van der Waals surface area contributed by atoms with Gasteiger partial charge >= 0.3 is 236 Å². The van der Waals surface area contributed by atoms with Gasteiger partial charge in [0.1, 0.15) is 10.2 Å². The van der Waals surface area contributed by atoms with Crippen molar-refractivity contribution in [3.63, 3.8) is 0 Å². The first-order valence-electron chi connectivity index (χ1n) is 9.35. The largest absolute Gasteiger partial charge is 1.00 e. The molecule has 0 aliphatic rings. The Balaban J connectivity index is -0.0000000665. The summed E-state index contributed by atoms with van der Waals surface area (Å²) in [5.41, 5.74) is 0.605. The summed E-state index contributed by atoms with van der Waals surface area (Å²) in [5.74, 6) is 0. The van der Waals surface area contributed by atoms with E-state index in [0.29, 0.717) is 5.69 Å². The molecule has 1 aromatic rings. The Kier molecular flexibility index (Phi) is 51.4. The Labute approximate surface area is 428 Å². The Bertz CT molecular complexity index is 984. The third kappa shape index (κ3) is 24.5. The van der Waals surface area contributed by atoms with Crippen LogP contribution >= 0.6 is 30.4 Å². The zero-order valence-corrected chi connectivity index (χ0v) is 46.3. The van der Waals surface area contributed by atoms with E-state index >= 15 is 0 Å². The zero-order valence-electron chi connectivity index (χ0n) is 26.7. The van der Waals surface area contributed by atoms with Crippen molar-refractivity contribution in [2.75, 3.05) is 39.1 Å². The topological polar surface area (TPSA) is 300 Å². The molecule has 0 spiro atoms. The van der Waals surface area contributed by atoms with Gasteiger partial charge in [-0.15, -0.1) is 0 Å². The van der Waals surface area contributed by atoms with Gasteiger partial charge in [-0.3, -0.25) is 0 Å². The van der Waals surface area contributed by atoms with Crippen LogP contribution in [0.4, 0.5) is 5.69 Å². The third-order valence-electron chi connectivity index (χ3n) is 4.63. The number of aliphatic hydroxyl groups is 2. The van der Waals surface area contributed by atoms with Crippen LogP contribution in [0, 0.1) is 0 Å². The molecule has 0 aliphatic heterocycles. The van der Waals surface area contributed by atoms with Crippen LogP contribution in [0.1, 0.15) is 12.8 Å². The van der Waals surface area contributed by atoms with Crippen LogP contribution < -0.4 is 281 Å². The average Bonchev–Trinajstić information content (AvgIpc) is 2.67. The third-order valence-corrected chi connectivity index (χ3v) is 12.0. The van der Waals surface area contributed by atoms with Crippen molar-refractivity contribution in [1.29, 1.82) is 0 Å². The fourth-order valence-electron chi connectivity index (χ4n) is 2.35. The van der Waals surface area contributed by atoms with Gasteiger partial charge in [0.2, 0.25) is 0 Å². The molecule has 28 heteroatoms. The summed E-state index contributed by atoms with van der Waals surface area (Å²) in [6.45, 7) is -0.525. The van der Waals surface area contributed by atoms with E-state index in [-0.39, 0.29) is 250 Å². The Hall–Kier alpha value is 7.50. The molecular weight excluding hydrogens is 740 g/mol. The van der Waals surface area contributed by atoms with Crippen molar-refractivity contribution in [2.24, 2.45) is 0 Å². The van der Waals surface area contributed by atoms with Crippen LogP contribution in [0.3, 0.4) is 0 Å². The number of benzene rings is 1. The monoisotopic (exact) mass is 764 g/mol. The minimum Gasteiger partial charge on any atom is -0.808 e. The first kappa shape index (κ1) is 71.8. The minimum absolute atomic E-state index is 0. The normalized spacial score (nSPS) is 11.3. The summed E-state index contributed by atoms with van der Waals surface area (Å²) in [5, 5.41) is 11.0. The van der Waals surface area contributed by atoms with Crippen LogP contribution in [0.5, 0.6) is 0 Å². The molecule has 0 saturated carbocycles. The number of hydrogen-bond donors (Lipinski definition) is 2. The maximum atomic E-state index is 10.9. The molecule has 0 bridgehead atoms. The van der Waals surface area contributed by atoms with Crippen molar-refractivity contribution in [3.8, 4) is 0 Å². The molecule has 0 heterocycles. The first-order valence-corrected chi connectivity index (χ1v) is 15.5. The Morgan fingerprint density at radius 2 is 0.814 bits per heavy atom. The van der Waals surface area contributed by atoms with Gasteiger partial charge in [-0.1, -0.05) is 18.2 Å². The van der Waals surface area contributed by atoms with E-state index in [2.05, 4.69) is 0 Å².